The number of nitrogens with zero attached hydrogens (tertiary/aromatic N) is 1. The first kappa shape index (κ1) is 15.5. The normalized spacial score (nSPS) is 11.0. The van der Waals surface area contributed by atoms with Gasteiger partial charge in [0.1, 0.15) is 0 Å². The fourth-order valence-corrected chi connectivity index (χ4v) is 1.80. The number of nitro benzene ring substituents is 1. The molecule has 1 amide bonds. The lowest BCUT2D eigenvalue weighted by Crippen LogP contribution is -2.21. The topological polar surface area (TPSA) is 113 Å². The summed E-state index contributed by atoms with van der Waals surface area (Å²) in [4.78, 5) is 31.9. The zero-order valence-electron chi connectivity index (χ0n) is 11.1. The van der Waals surface area contributed by atoms with Crippen molar-refractivity contribution in [2.24, 2.45) is 5.73 Å². The molecule has 0 unspecified atom stereocenters. The van der Waals surface area contributed by atoms with E-state index in [1.54, 1.807) is 0 Å². The fourth-order valence-electron chi connectivity index (χ4n) is 1.80. The van der Waals surface area contributed by atoms with Gasteiger partial charge in [-0.1, -0.05) is 20.8 Å². The molecule has 0 saturated carbocycles. The quantitative estimate of drug-likeness (QED) is 0.519. The highest BCUT2D eigenvalue weighted by Gasteiger charge is 2.34. The van der Waals surface area contributed by atoms with Crippen molar-refractivity contribution in [3.8, 4) is 5.75 Å². The third-order valence-electron chi connectivity index (χ3n) is 2.50. The van der Waals surface area contributed by atoms with Gasteiger partial charge in [0, 0.05) is 6.07 Å². The SMILES string of the molecule is CC(C)(C)c1c(F)c(OC(N)=O)cc(C=O)c1[N+](=O)[O-]. The zero-order valence-corrected chi connectivity index (χ0v) is 11.1. The summed E-state index contributed by atoms with van der Waals surface area (Å²) >= 11 is 0. The fraction of sp³-hybridized carbons (Fsp3) is 0.333. The molecule has 0 spiro atoms. The molecule has 8 heteroatoms. The molecule has 2 N–H and O–H groups in total. The van der Waals surface area contributed by atoms with Crippen LogP contribution in [0.2, 0.25) is 0 Å². The van der Waals surface area contributed by atoms with Crippen LogP contribution < -0.4 is 10.5 Å². The van der Waals surface area contributed by atoms with Crippen LogP contribution in [-0.4, -0.2) is 17.3 Å². The van der Waals surface area contributed by atoms with E-state index in [4.69, 9.17) is 5.73 Å². The second kappa shape index (κ2) is 5.24. The molecule has 1 aromatic rings. The molecule has 0 aromatic heterocycles. The summed E-state index contributed by atoms with van der Waals surface area (Å²) in [6.07, 6.45) is -1.09. The minimum absolute atomic E-state index is 0.195. The Kier molecular flexibility index (Phi) is 4.07. The van der Waals surface area contributed by atoms with Crippen molar-refractivity contribution in [2.75, 3.05) is 0 Å². The predicted octanol–water partition coefficient (Wildman–Crippen LogP) is 2.30. The smallest absolute Gasteiger partial charge is 0.407 e. The molecule has 1 aromatic carbocycles. The van der Waals surface area contributed by atoms with Gasteiger partial charge in [-0.2, -0.15) is 0 Å². The third-order valence-corrected chi connectivity index (χ3v) is 2.50. The molecule has 1 rings (SSSR count). The van der Waals surface area contributed by atoms with E-state index < -0.39 is 39.2 Å². The maximum absolute atomic E-state index is 14.3. The number of nitrogens with two attached hydrogens (primary N) is 1. The van der Waals surface area contributed by atoms with Crippen molar-refractivity contribution in [1.82, 2.24) is 0 Å². The van der Waals surface area contributed by atoms with Crippen molar-refractivity contribution in [1.29, 1.82) is 0 Å². The van der Waals surface area contributed by atoms with Gasteiger partial charge in [0.05, 0.1) is 16.1 Å². The van der Waals surface area contributed by atoms with Crippen LogP contribution in [0.25, 0.3) is 0 Å². The Labute approximate surface area is 113 Å². The number of ether oxygens (including phenoxy) is 1. The summed E-state index contributed by atoms with van der Waals surface area (Å²) in [5.41, 5.74) is 2.43. The van der Waals surface area contributed by atoms with Crippen LogP contribution >= 0.6 is 0 Å². The van der Waals surface area contributed by atoms with E-state index in [1.165, 1.54) is 20.8 Å². The van der Waals surface area contributed by atoms with Gasteiger partial charge in [-0.25, -0.2) is 9.18 Å². The van der Waals surface area contributed by atoms with Crippen molar-refractivity contribution in [3.05, 3.63) is 33.1 Å². The lowest BCUT2D eigenvalue weighted by molar-refractivity contribution is -0.386. The minimum atomic E-state index is -1.28. The van der Waals surface area contributed by atoms with Crippen LogP contribution in [0.3, 0.4) is 0 Å². The van der Waals surface area contributed by atoms with Gasteiger partial charge >= 0.3 is 6.09 Å². The van der Waals surface area contributed by atoms with E-state index in [1.807, 2.05) is 0 Å². The van der Waals surface area contributed by atoms with Crippen molar-refractivity contribution in [3.63, 3.8) is 0 Å². The van der Waals surface area contributed by atoms with Gasteiger partial charge in [-0.3, -0.25) is 14.9 Å². The molecule has 0 aliphatic carbocycles. The number of carbonyl (C=O) groups is 2. The average Bonchev–Trinajstić information content (AvgIpc) is 2.28. The molecule has 0 aliphatic rings. The molecule has 20 heavy (non-hydrogen) atoms. The first-order valence-electron chi connectivity index (χ1n) is 5.53. The Morgan fingerprint density at radius 2 is 2.05 bits per heavy atom. The minimum Gasteiger partial charge on any atom is -0.407 e. The first-order chi connectivity index (χ1) is 9.09. The van der Waals surface area contributed by atoms with Crippen molar-refractivity contribution < 1.29 is 23.6 Å². The highest BCUT2D eigenvalue weighted by molar-refractivity contribution is 5.84. The van der Waals surface area contributed by atoms with Crippen LogP contribution in [0.4, 0.5) is 14.9 Å². The largest absolute Gasteiger partial charge is 0.410 e. The molecular weight excluding hydrogens is 271 g/mol. The molecule has 108 valence electrons. The number of benzene rings is 1. The van der Waals surface area contributed by atoms with E-state index in [2.05, 4.69) is 4.74 Å². The monoisotopic (exact) mass is 284 g/mol. The highest BCUT2D eigenvalue weighted by atomic mass is 19.1. The average molecular weight is 284 g/mol. The standard InChI is InChI=1S/C12H13FN2O5/c1-12(2,3)8-9(13)7(20-11(14)17)4-6(5-16)10(8)15(18)19/h4-5H,1-3H3,(H2,14,17). The summed E-state index contributed by atoms with van der Waals surface area (Å²) in [6.45, 7) is 4.59. The van der Waals surface area contributed by atoms with Gasteiger partial charge in [-0.15, -0.1) is 0 Å². The van der Waals surface area contributed by atoms with E-state index in [-0.39, 0.29) is 11.8 Å². The molecule has 0 atom stereocenters. The number of halogens is 1. The summed E-state index contributed by atoms with van der Waals surface area (Å²) in [6, 6.07) is 0.778. The second-order valence-corrected chi connectivity index (χ2v) is 5.05. The van der Waals surface area contributed by atoms with E-state index >= 15 is 0 Å². The van der Waals surface area contributed by atoms with Crippen LogP contribution in [0.1, 0.15) is 36.7 Å². The molecule has 0 aliphatic heterocycles. The van der Waals surface area contributed by atoms with Crippen LogP contribution in [0.5, 0.6) is 5.75 Å². The first-order valence-corrected chi connectivity index (χ1v) is 5.53. The Morgan fingerprint density at radius 3 is 2.40 bits per heavy atom. The van der Waals surface area contributed by atoms with Gasteiger partial charge in [-0.05, 0) is 5.41 Å². The second-order valence-electron chi connectivity index (χ2n) is 5.05. The Bertz CT molecular complexity index is 592. The number of amides is 1. The van der Waals surface area contributed by atoms with Gasteiger partial charge < -0.3 is 10.5 Å². The van der Waals surface area contributed by atoms with Crippen LogP contribution in [0, 0.1) is 15.9 Å². The molecule has 0 radical (unpaired) electrons. The molecular formula is C12H13FN2O5. The summed E-state index contributed by atoms with van der Waals surface area (Å²) in [5.74, 6) is -1.70. The molecule has 7 nitrogen and oxygen atoms in total. The number of nitro groups is 1. The molecule has 0 saturated heterocycles. The highest BCUT2D eigenvalue weighted by Crippen LogP contribution is 2.39. The van der Waals surface area contributed by atoms with Crippen molar-refractivity contribution in [2.45, 2.75) is 26.2 Å². The Morgan fingerprint density at radius 1 is 1.50 bits per heavy atom. The van der Waals surface area contributed by atoms with Crippen molar-refractivity contribution >= 4 is 18.1 Å². The maximum Gasteiger partial charge on any atom is 0.410 e. The number of hydrogen-bond acceptors (Lipinski definition) is 5. The predicted molar refractivity (Wildman–Crippen MR) is 67.4 cm³/mol. The molecule has 0 fully saturated rings. The number of hydrogen-bond donors (Lipinski definition) is 1. The van der Waals surface area contributed by atoms with Gasteiger partial charge in [0.25, 0.3) is 5.69 Å². The summed E-state index contributed by atoms with van der Waals surface area (Å²) in [7, 11) is 0. The van der Waals surface area contributed by atoms with Crippen LogP contribution in [-0.2, 0) is 5.41 Å². The van der Waals surface area contributed by atoms with E-state index in [0.29, 0.717) is 0 Å². The Balaban J connectivity index is 3.78. The number of carbonyl (C=O) groups excluding carboxylic acids is 2. The third kappa shape index (κ3) is 2.90. The number of rotatable bonds is 3. The van der Waals surface area contributed by atoms with E-state index in [9.17, 15) is 24.1 Å². The van der Waals surface area contributed by atoms with E-state index in [0.717, 1.165) is 6.07 Å². The molecule has 0 bridgehead atoms. The number of aldehydes is 1. The maximum atomic E-state index is 14.3. The lowest BCUT2D eigenvalue weighted by Gasteiger charge is -2.21. The lowest BCUT2D eigenvalue weighted by atomic mass is 9.84. The molecule has 0 heterocycles. The summed E-state index contributed by atoms with van der Waals surface area (Å²) < 4.78 is 18.8. The zero-order chi connectivity index (χ0) is 15.7. The number of primary amides is 1. The van der Waals surface area contributed by atoms with Gasteiger partial charge in [0.15, 0.2) is 17.9 Å². The summed E-state index contributed by atoms with van der Waals surface area (Å²) in [5, 5.41) is 11.1. The van der Waals surface area contributed by atoms with Gasteiger partial charge in [0.2, 0.25) is 0 Å². The Hall–Kier alpha value is -2.51. The van der Waals surface area contributed by atoms with Crippen LogP contribution in [0.15, 0.2) is 6.07 Å².